The smallest absolute Gasteiger partial charge is 0.0779 e. The topological polar surface area (TPSA) is 39.1 Å². The number of hydrogen-bond acceptors (Lipinski definition) is 3. The summed E-state index contributed by atoms with van der Waals surface area (Å²) < 4.78 is 8.42. The molecule has 3 rings (SSSR count). The molecule has 1 aromatic heterocycles. The first kappa shape index (κ1) is 13.1. The standard InChI is InChI=1S/C15H25N3O/c1-12-13(9-16-2)10-18(17-12)11-14-5-8-15(19-14)6-3-4-7-15/h10,14,16H,3-9,11H2,1-2H3. The molecule has 1 unspecified atom stereocenters. The van der Waals surface area contributed by atoms with Crippen LogP contribution < -0.4 is 5.32 Å². The highest BCUT2D eigenvalue weighted by Crippen LogP contribution is 2.43. The van der Waals surface area contributed by atoms with Crippen molar-refractivity contribution in [2.45, 2.75) is 70.2 Å². The van der Waals surface area contributed by atoms with Gasteiger partial charge in [-0.3, -0.25) is 4.68 Å². The largest absolute Gasteiger partial charge is 0.370 e. The van der Waals surface area contributed by atoms with Gasteiger partial charge in [-0.15, -0.1) is 0 Å². The van der Waals surface area contributed by atoms with Crippen LogP contribution in [0.2, 0.25) is 0 Å². The minimum absolute atomic E-state index is 0.237. The zero-order chi connectivity index (χ0) is 13.3. The van der Waals surface area contributed by atoms with Gasteiger partial charge in [-0.25, -0.2) is 0 Å². The van der Waals surface area contributed by atoms with E-state index in [0.717, 1.165) is 18.8 Å². The Labute approximate surface area is 115 Å². The molecule has 0 amide bonds. The molecule has 2 fully saturated rings. The summed E-state index contributed by atoms with van der Waals surface area (Å²) >= 11 is 0. The average molecular weight is 263 g/mol. The summed E-state index contributed by atoms with van der Waals surface area (Å²) in [6.07, 6.45) is 10.2. The van der Waals surface area contributed by atoms with E-state index in [0.29, 0.717) is 6.10 Å². The molecule has 4 nitrogen and oxygen atoms in total. The van der Waals surface area contributed by atoms with E-state index in [2.05, 4.69) is 28.2 Å². The van der Waals surface area contributed by atoms with Gasteiger partial charge >= 0.3 is 0 Å². The number of hydrogen-bond donors (Lipinski definition) is 1. The molecular formula is C15H25N3O. The molecule has 0 radical (unpaired) electrons. The molecule has 1 saturated heterocycles. The van der Waals surface area contributed by atoms with Crippen LogP contribution in [-0.2, 0) is 17.8 Å². The monoisotopic (exact) mass is 263 g/mol. The lowest BCUT2D eigenvalue weighted by Crippen LogP contribution is -2.26. The number of nitrogens with zero attached hydrogens (tertiary/aromatic N) is 2. The number of rotatable bonds is 4. The number of aryl methyl sites for hydroxylation is 1. The van der Waals surface area contributed by atoms with Gasteiger partial charge in [-0.2, -0.15) is 5.10 Å². The van der Waals surface area contributed by atoms with Crippen molar-refractivity contribution in [2.75, 3.05) is 7.05 Å². The molecule has 19 heavy (non-hydrogen) atoms. The molecule has 106 valence electrons. The average Bonchev–Trinajstić information content (AvgIpc) is 3.06. The Morgan fingerprint density at radius 1 is 1.42 bits per heavy atom. The van der Waals surface area contributed by atoms with Gasteiger partial charge in [0.05, 0.1) is 23.9 Å². The molecule has 2 heterocycles. The third kappa shape index (κ3) is 2.70. The molecule has 1 N–H and O–H groups in total. The third-order valence-corrected chi connectivity index (χ3v) is 4.66. The van der Waals surface area contributed by atoms with Crippen molar-refractivity contribution < 1.29 is 4.74 Å². The second-order valence-corrected chi connectivity index (χ2v) is 6.16. The highest BCUT2D eigenvalue weighted by molar-refractivity contribution is 5.15. The second kappa shape index (κ2) is 5.25. The predicted molar refractivity (Wildman–Crippen MR) is 75.0 cm³/mol. The Balaban J connectivity index is 1.61. The molecule has 1 aliphatic carbocycles. The summed E-state index contributed by atoms with van der Waals surface area (Å²) in [4.78, 5) is 0. The van der Waals surface area contributed by atoms with Crippen LogP contribution >= 0.6 is 0 Å². The van der Waals surface area contributed by atoms with Crippen molar-refractivity contribution in [1.29, 1.82) is 0 Å². The first-order valence-corrected chi connectivity index (χ1v) is 7.56. The molecular weight excluding hydrogens is 238 g/mol. The quantitative estimate of drug-likeness (QED) is 0.906. The van der Waals surface area contributed by atoms with E-state index < -0.39 is 0 Å². The Morgan fingerprint density at radius 2 is 2.21 bits per heavy atom. The van der Waals surface area contributed by atoms with Crippen LogP contribution in [0.25, 0.3) is 0 Å². The molecule has 2 aliphatic rings. The first-order valence-electron chi connectivity index (χ1n) is 7.56. The van der Waals surface area contributed by atoms with Crippen LogP contribution in [0.1, 0.15) is 49.8 Å². The summed E-state index contributed by atoms with van der Waals surface area (Å²) in [6.45, 7) is 3.88. The fourth-order valence-electron chi connectivity index (χ4n) is 3.64. The van der Waals surface area contributed by atoms with Gasteiger partial charge in [0, 0.05) is 18.3 Å². The van der Waals surface area contributed by atoms with Crippen molar-refractivity contribution in [1.82, 2.24) is 15.1 Å². The van der Waals surface area contributed by atoms with Gasteiger partial charge in [0.25, 0.3) is 0 Å². The minimum atomic E-state index is 0.237. The van der Waals surface area contributed by atoms with Crippen LogP contribution in [0.3, 0.4) is 0 Å². The highest BCUT2D eigenvalue weighted by Gasteiger charge is 2.42. The van der Waals surface area contributed by atoms with E-state index in [4.69, 9.17) is 4.74 Å². The molecule has 1 atom stereocenters. The first-order chi connectivity index (χ1) is 9.21. The Morgan fingerprint density at radius 3 is 2.95 bits per heavy atom. The fraction of sp³-hybridized carbons (Fsp3) is 0.800. The maximum Gasteiger partial charge on any atom is 0.0779 e. The summed E-state index contributed by atoms with van der Waals surface area (Å²) in [5.41, 5.74) is 2.65. The number of nitrogens with one attached hydrogen (secondary N) is 1. The van der Waals surface area contributed by atoms with Gasteiger partial charge in [0.15, 0.2) is 0 Å². The van der Waals surface area contributed by atoms with Gasteiger partial charge in [0.2, 0.25) is 0 Å². The van der Waals surface area contributed by atoms with Crippen LogP contribution in [-0.4, -0.2) is 28.5 Å². The molecule has 1 saturated carbocycles. The van der Waals surface area contributed by atoms with Crippen molar-refractivity contribution in [3.63, 3.8) is 0 Å². The second-order valence-electron chi connectivity index (χ2n) is 6.16. The molecule has 1 aliphatic heterocycles. The van der Waals surface area contributed by atoms with Crippen molar-refractivity contribution >= 4 is 0 Å². The molecule has 1 spiro atoms. The Kier molecular flexibility index (Phi) is 3.63. The van der Waals surface area contributed by atoms with Crippen molar-refractivity contribution in [3.8, 4) is 0 Å². The minimum Gasteiger partial charge on any atom is -0.370 e. The van der Waals surface area contributed by atoms with Gasteiger partial charge < -0.3 is 10.1 Å². The molecule has 4 heteroatoms. The fourth-order valence-corrected chi connectivity index (χ4v) is 3.64. The molecule has 1 aromatic rings. The van der Waals surface area contributed by atoms with E-state index in [1.807, 2.05) is 7.05 Å². The van der Waals surface area contributed by atoms with E-state index >= 15 is 0 Å². The Bertz CT molecular complexity index is 435. The van der Waals surface area contributed by atoms with Crippen LogP contribution in [0.4, 0.5) is 0 Å². The normalized spacial score (nSPS) is 25.5. The highest BCUT2D eigenvalue weighted by atomic mass is 16.5. The Hall–Kier alpha value is -0.870. The lowest BCUT2D eigenvalue weighted by atomic mass is 9.98. The predicted octanol–water partition coefficient (Wildman–Crippen LogP) is 2.40. The van der Waals surface area contributed by atoms with Gasteiger partial charge in [-0.1, -0.05) is 12.8 Å². The summed E-state index contributed by atoms with van der Waals surface area (Å²) in [5, 5.41) is 7.79. The summed E-state index contributed by atoms with van der Waals surface area (Å²) in [7, 11) is 1.97. The number of aromatic nitrogens is 2. The zero-order valence-electron chi connectivity index (χ0n) is 12.1. The van der Waals surface area contributed by atoms with Crippen LogP contribution in [0, 0.1) is 6.92 Å². The van der Waals surface area contributed by atoms with Crippen molar-refractivity contribution in [3.05, 3.63) is 17.5 Å². The van der Waals surface area contributed by atoms with E-state index in [1.165, 1.54) is 44.1 Å². The lowest BCUT2D eigenvalue weighted by Gasteiger charge is -2.23. The molecule has 0 aromatic carbocycles. The van der Waals surface area contributed by atoms with E-state index in [1.54, 1.807) is 0 Å². The van der Waals surface area contributed by atoms with Gasteiger partial charge in [0.1, 0.15) is 0 Å². The lowest BCUT2D eigenvalue weighted by molar-refractivity contribution is -0.0429. The maximum atomic E-state index is 6.35. The molecule has 0 bridgehead atoms. The zero-order valence-corrected chi connectivity index (χ0v) is 12.1. The van der Waals surface area contributed by atoms with Crippen molar-refractivity contribution in [2.24, 2.45) is 0 Å². The summed E-state index contributed by atoms with van der Waals surface area (Å²) in [5.74, 6) is 0. The maximum absolute atomic E-state index is 6.35. The van der Waals surface area contributed by atoms with Crippen LogP contribution in [0.5, 0.6) is 0 Å². The van der Waals surface area contributed by atoms with E-state index in [-0.39, 0.29) is 5.60 Å². The van der Waals surface area contributed by atoms with Crippen LogP contribution in [0.15, 0.2) is 6.20 Å². The summed E-state index contributed by atoms with van der Waals surface area (Å²) in [6, 6.07) is 0. The van der Waals surface area contributed by atoms with E-state index in [9.17, 15) is 0 Å². The van der Waals surface area contributed by atoms with Gasteiger partial charge in [-0.05, 0) is 39.7 Å². The SMILES string of the molecule is CNCc1cn(CC2CCC3(CCCC3)O2)nc1C. The third-order valence-electron chi connectivity index (χ3n) is 4.66. The number of ether oxygens (including phenoxy) is 1.